The van der Waals surface area contributed by atoms with E-state index in [9.17, 15) is 4.79 Å². The largest absolute Gasteiger partial charge is 0.484 e. The number of rotatable bonds is 4. The molecule has 0 aromatic heterocycles. The first kappa shape index (κ1) is 14.3. The van der Waals surface area contributed by atoms with Gasteiger partial charge in [-0.2, -0.15) is 0 Å². The van der Waals surface area contributed by atoms with E-state index < -0.39 is 0 Å². The number of carbonyl (C=O) groups is 1. The van der Waals surface area contributed by atoms with Crippen molar-refractivity contribution in [3.63, 3.8) is 0 Å². The van der Waals surface area contributed by atoms with Crippen molar-refractivity contribution in [1.82, 2.24) is 10.2 Å². The second-order valence-corrected chi connectivity index (χ2v) is 5.63. The third-order valence-corrected chi connectivity index (χ3v) is 3.83. The summed E-state index contributed by atoms with van der Waals surface area (Å²) in [4.78, 5) is 14.0. The van der Waals surface area contributed by atoms with Gasteiger partial charge in [0, 0.05) is 23.6 Å². The van der Waals surface area contributed by atoms with E-state index in [1.807, 2.05) is 36.2 Å². The molecule has 1 aliphatic rings. The van der Waals surface area contributed by atoms with Crippen molar-refractivity contribution in [2.24, 2.45) is 0 Å². The minimum atomic E-state index is 0.0555. The molecule has 4 nitrogen and oxygen atoms in total. The van der Waals surface area contributed by atoms with Gasteiger partial charge in [-0.1, -0.05) is 22.0 Å². The van der Waals surface area contributed by atoms with Crippen LogP contribution in [0.1, 0.15) is 12.8 Å². The maximum atomic E-state index is 12.1. The summed E-state index contributed by atoms with van der Waals surface area (Å²) in [6, 6.07) is 7.94. The molecule has 1 aromatic carbocycles. The molecule has 0 unspecified atom stereocenters. The Kier molecular flexibility index (Phi) is 5.22. The van der Waals surface area contributed by atoms with Crippen LogP contribution in [0.15, 0.2) is 28.7 Å². The molecule has 1 aromatic rings. The van der Waals surface area contributed by atoms with Crippen LogP contribution < -0.4 is 10.1 Å². The van der Waals surface area contributed by atoms with Gasteiger partial charge in [-0.3, -0.25) is 4.79 Å². The number of amides is 1. The Balaban J connectivity index is 1.84. The molecule has 2 rings (SSSR count). The van der Waals surface area contributed by atoms with Gasteiger partial charge in [-0.25, -0.2) is 0 Å². The third kappa shape index (κ3) is 4.21. The molecule has 1 atom stereocenters. The Morgan fingerprint density at radius 3 is 3.16 bits per heavy atom. The summed E-state index contributed by atoms with van der Waals surface area (Å²) < 4.78 is 6.48. The lowest BCUT2D eigenvalue weighted by atomic mass is 10.1. The molecule has 0 saturated carbocycles. The van der Waals surface area contributed by atoms with Gasteiger partial charge >= 0.3 is 0 Å². The van der Waals surface area contributed by atoms with Crippen LogP contribution in [0, 0.1) is 0 Å². The van der Waals surface area contributed by atoms with Crippen LogP contribution in [-0.4, -0.2) is 43.6 Å². The molecule has 5 heteroatoms. The van der Waals surface area contributed by atoms with Gasteiger partial charge in [-0.05, 0) is 38.1 Å². The summed E-state index contributed by atoms with van der Waals surface area (Å²) in [7, 11) is 1.94. The molecule has 0 spiro atoms. The molecule has 1 N–H and O–H groups in total. The number of carbonyl (C=O) groups excluding carboxylic acids is 1. The lowest BCUT2D eigenvalue weighted by molar-refractivity contribution is -0.134. The van der Waals surface area contributed by atoms with E-state index in [-0.39, 0.29) is 12.5 Å². The van der Waals surface area contributed by atoms with E-state index in [1.54, 1.807) is 0 Å². The summed E-state index contributed by atoms with van der Waals surface area (Å²) in [5.74, 6) is 0.768. The first-order chi connectivity index (χ1) is 9.19. The predicted molar refractivity (Wildman–Crippen MR) is 78.3 cm³/mol. The molecule has 1 saturated heterocycles. The van der Waals surface area contributed by atoms with Gasteiger partial charge in [0.25, 0.3) is 5.91 Å². The maximum Gasteiger partial charge on any atom is 0.260 e. The summed E-state index contributed by atoms with van der Waals surface area (Å²) in [5, 5.41) is 3.23. The Hall–Kier alpha value is -1.07. The fourth-order valence-corrected chi connectivity index (χ4v) is 2.61. The number of hydrogen-bond acceptors (Lipinski definition) is 3. The molecule has 1 aliphatic heterocycles. The minimum Gasteiger partial charge on any atom is -0.484 e. The second-order valence-electron chi connectivity index (χ2n) is 4.71. The van der Waals surface area contributed by atoms with Crippen LogP contribution in [0.2, 0.25) is 0 Å². The van der Waals surface area contributed by atoms with Gasteiger partial charge in [0.2, 0.25) is 0 Å². The van der Waals surface area contributed by atoms with Crippen LogP contribution in [0.5, 0.6) is 5.75 Å². The number of nitrogens with one attached hydrogen (secondary N) is 1. The average Bonchev–Trinajstić information content (AvgIpc) is 2.45. The molecular weight excluding hydrogens is 308 g/mol. The monoisotopic (exact) mass is 326 g/mol. The molecule has 0 bridgehead atoms. The molecule has 104 valence electrons. The SMILES string of the molecule is CN[C@@H]1CCCN(C(=O)COc2cccc(Br)c2)C1. The van der Waals surface area contributed by atoms with E-state index in [2.05, 4.69) is 21.2 Å². The number of piperidine rings is 1. The molecule has 0 aliphatic carbocycles. The first-order valence-electron chi connectivity index (χ1n) is 6.52. The highest BCUT2D eigenvalue weighted by atomic mass is 79.9. The Morgan fingerprint density at radius 2 is 2.42 bits per heavy atom. The van der Waals surface area contributed by atoms with Crippen LogP contribution >= 0.6 is 15.9 Å². The zero-order valence-electron chi connectivity index (χ0n) is 11.1. The average molecular weight is 327 g/mol. The second kappa shape index (κ2) is 6.91. The number of benzene rings is 1. The van der Waals surface area contributed by atoms with Crippen molar-refractivity contribution in [2.75, 3.05) is 26.7 Å². The van der Waals surface area contributed by atoms with Gasteiger partial charge in [0.05, 0.1) is 0 Å². The summed E-state index contributed by atoms with van der Waals surface area (Å²) >= 11 is 3.38. The molecule has 19 heavy (non-hydrogen) atoms. The quantitative estimate of drug-likeness (QED) is 0.920. The molecular formula is C14H19BrN2O2. The Bertz CT molecular complexity index is 439. The van der Waals surface area contributed by atoms with Gasteiger partial charge in [0.1, 0.15) is 5.75 Å². The van der Waals surface area contributed by atoms with Crippen LogP contribution in [0.3, 0.4) is 0 Å². The highest BCUT2D eigenvalue weighted by molar-refractivity contribution is 9.10. The zero-order chi connectivity index (χ0) is 13.7. The van der Waals surface area contributed by atoms with Crippen molar-refractivity contribution in [2.45, 2.75) is 18.9 Å². The highest BCUT2D eigenvalue weighted by Crippen LogP contribution is 2.18. The van der Waals surface area contributed by atoms with Crippen molar-refractivity contribution in [1.29, 1.82) is 0 Å². The van der Waals surface area contributed by atoms with Gasteiger partial charge in [0.15, 0.2) is 6.61 Å². The standard InChI is InChI=1S/C14H19BrN2O2/c1-16-12-5-3-7-17(9-12)14(18)10-19-13-6-2-4-11(15)8-13/h2,4,6,8,12,16H,3,5,7,9-10H2,1H3/t12-/m1/s1. The highest BCUT2D eigenvalue weighted by Gasteiger charge is 2.22. The van der Waals surface area contributed by atoms with Crippen molar-refractivity contribution in [3.05, 3.63) is 28.7 Å². The summed E-state index contributed by atoms with van der Waals surface area (Å²) in [5.41, 5.74) is 0. The molecule has 1 heterocycles. The zero-order valence-corrected chi connectivity index (χ0v) is 12.6. The summed E-state index contributed by atoms with van der Waals surface area (Å²) in [6.07, 6.45) is 2.18. The van der Waals surface area contributed by atoms with Crippen molar-refractivity contribution >= 4 is 21.8 Å². The predicted octanol–water partition coefficient (Wildman–Crippen LogP) is 2.04. The maximum absolute atomic E-state index is 12.1. The topological polar surface area (TPSA) is 41.6 Å². The van der Waals surface area contributed by atoms with Crippen molar-refractivity contribution < 1.29 is 9.53 Å². The molecule has 0 radical (unpaired) electrons. The van der Waals surface area contributed by atoms with E-state index >= 15 is 0 Å². The van der Waals surface area contributed by atoms with Crippen LogP contribution in [0.4, 0.5) is 0 Å². The van der Waals surface area contributed by atoms with Crippen LogP contribution in [0.25, 0.3) is 0 Å². The Labute approximate surface area is 122 Å². The lowest BCUT2D eigenvalue weighted by Crippen LogP contribution is -2.48. The number of nitrogens with zero attached hydrogens (tertiary/aromatic N) is 1. The number of ether oxygens (including phenoxy) is 1. The fraction of sp³-hybridized carbons (Fsp3) is 0.500. The number of likely N-dealkylation sites (tertiary alicyclic amines) is 1. The number of hydrogen-bond donors (Lipinski definition) is 1. The molecule has 1 amide bonds. The lowest BCUT2D eigenvalue weighted by Gasteiger charge is -2.32. The summed E-state index contributed by atoms with van der Waals surface area (Å²) in [6.45, 7) is 1.71. The van der Waals surface area contributed by atoms with Crippen molar-refractivity contribution in [3.8, 4) is 5.75 Å². The molecule has 1 fully saturated rings. The normalized spacial score (nSPS) is 19.3. The third-order valence-electron chi connectivity index (χ3n) is 3.34. The van der Waals surface area contributed by atoms with Gasteiger partial charge in [-0.15, -0.1) is 0 Å². The number of halogens is 1. The van der Waals surface area contributed by atoms with E-state index in [0.717, 1.165) is 30.4 Å². The van der Waals surface area contributed by atoms with E-state index in [1.165, 1.54) is 0 Å². The smallest absolute Gasteiger partial charge is 0.260 e. The number of likely N-dealkylation sites (N-methyl/N-ethyl adjacent to an activating group) is 1. The minimum absolute atomic E-state index is 0.0555. The van der Waals surface area contributed by atoms with E-state index in [0.29, 0.717) is 11.8 Å². The van der Waals surface area contributed by atoms with Crippen LogP contribution in [-0.2, 0) is 4.79 Å². The Morgan fingerprint density at radius 1 is 1.58 bits per heavy atom. The fourth-order valence-electron chi connectivity index (χ4n) is 2.23. The first-order valence-corrected chi connectivity index (χ1v) is 7.32. The van der Waals surface area contributed by atoms with Gasteiger partial charge < -0.3 is 15.0 Å². The van der Waals surface area contributed by atoms with E-state index in [4.69, 9.17) is 4.74 Å².